The molecule has 3 N–H and O–H groups in total. The highest BCUT2D eigenvalue weighted by Gasteiger charge is 2.19. The first-order chi connectivity index (χ1) is 14.8. The zero-order valence-electron chi connectivity index (χ0n) is 19.3. The summed E-state index contributed by atoms with van der Waals surface area (Å²) in [6.45, 7) is 11.6. The van der Waals surface area contributed by atoms with Crippen molar-refractivity contribution in [1.82, 2.24) is 20.9 Å². The quantitative estimate of drug-likeness (QED) is 0.317. The maximum Gasteiger partial charge on any atom is 0.407 e. The van der Waals surface area contributed by atoms with Gasteiger partial charge in [-0.05, 0) is 51.7 Å². The Hall–Kier alpha value is -2.77. The Morgan fingerprint density at radius 3 is 2.39 bits per heavy atom. The van der Waals surface area contributed by atoms with E-state index in [2.05, 4.69) is 45.2 Å². The molecule has 0 spiro atoms. The Morgan fingerprint density at radius 2 is 1.77 bits per heavy atom. The number of aliphatic imine (C=N–C) groups is 1. The Morgan fingerprint density at radius 1 is 1.10 bits per heavy atom. The average molecular weight is 432 g/mol. The molecule has 1 aromatic rings. The van der Waals surface area contributed by atoms with E-state index in [1.165, 1.54) is 0 Å². The van der Waals surface area contributed by atoms with Crippen molar-refractivity contribution in [3.8, 4) is 0 Å². The average Bonchev–Trinajstić information content (AvgIpc) is 3.10. The van der Waals surface area contributed by atoms with Gasteiger partial charge in [0.25, 0.3) is 0 Å². The molecule has 0 radical (unpaired) electrons. The van der Waals surface area contributed by atoms with Gasteiger partial charge in [-0.2, -0.15) is 0 Å². The van der Waals surface area contributed by atoms with Crippen LogP contribution in [0.4, 0.5) is 4.79 Å². The largest absolute Gasteiger partial charge is 0.444 e. The van der Waals surface area contributed by atoms with E-state index in [4.69, 9.17) is 4.74 Å². The summed E-state index contributed by atoms with van der Waals surface area (Å²) in [7, 11) is 0. The molecule has 1 saturated heterocycles. The molecule has 1 aliphatic heterocycles. The second-order valence-electron chi connectivity index (χ2n) is 8.64. The number of rotatable bonds is 9. The number of alkyl carbamates (subject to hydrolysis) is 1. The maximum atomic E-state index is 11.8. The van der Waals surface area contributed by atoms with Crippen LogP contribution in [-0.4, -0.2) is 54.6 Å². The predicted octanol–water partition coefficient (Wildman–Crippen LogP) is 2.78. The first kappa shape index (κ1) is 24.5. The van der Waals surface area contributed by atoms with Crippen LogP contribution in [0.3, 0.4) is 0 Å². The Kier molecular flexibility index (Phi) is 9.62. The molecule has 8 heteroatoms. The van der Waals surface area contributed by atoms with Gasteiger partial charge in [0.05, 0.1) is 6.54 Å². The topological polar surface area (TPSA) is 95.1 Å². The van der Waals surface area contributed by atoms with Gasteiger partial charge >= 0.3 is 6.09 Å². The number of nitrogens with one attached hydrogen (secondary N) is 3. The van der Waals surface area contributed by atoms with E-state index in [1.54, 1.807) is 0 Å². The van der Waals surface area contributed by atoms with Crippen LogP contribution in [-0.2, 0) is 22.6 Å². The first-order valence-corrected chi connectivity index (χ1v) is 11.1. The molecule has 8 nitrogen and oxygen atoms in total. The van der Waals surface area contributed by atoms with E-state index in [9.17, 15) is 9.59 Å². The number of carbonyl (C=O) groups excluding carboxylic acids is 2. The lowest BCUT2D eigenvalue weighted by molar-refractivity contribution is -0.128. The number of benzene rings is 1. The van der Waals surface area contributed by atoms with Crippen molar-refractivity contribution in [2.45, 2.75) is 65.6 Å². The third-order valence-electron chi connectivity index (χ3n) is 4.65. The van der Waals surface area contributed by atoms with Crippen LogP contribution < -0.4 is 16.0 Å². The van der Waals surface area contributed by atoms with E-state index >= 15 is 0 Å². The molecule has 2 amide bonds. The van der Waals surface area contributed by atoms with Crippen molar-refractivity contribution in [3.63, 3.8) is 0 Å². The zero-order valence-corrected chi connectivity index (χ0v) is 19.3. The van der Waals surface area contributed by atoms with Crippen molar-refractivity contribution in [2.24, 2.45) is 4.99 Å². The third-order valence-corrected chi connectivity index (χ3v) is 4.65. The number of hydrogen-bond donors (Lipinski definition) is 3. The van der Waals surface area contributed by atoms with Crippen molar-refractivity contribution in [3.05, 3.63) is 35.4 Å². The number of nitrogens with zero attached hydrogens (tertiary/aromatic N) is 2. The van der Waals surface area contributed by atoms with Crippen LogP contribution in [0.15, 0.2) is 29.3 Å². The van der Waals surface area contributed by atoms with E-state index in [0.717, 1.165) is 43.0 Å². The lowest BCUT2D eigenvalue weighted by atomic mass is 10.1. The molecule has 1 fully saturated rings. The van der Waals surface area contributed by atoms with Gasteiger partial charge in [0, 0.05) is 39.1 Å². The van der Waals surface area contributed by atoms with E-state index < -0.39 is 11.7 Å². The summed E-state index contributed by atoms with van der Waals surface area (Å²) in [6, 6.07) is 8.26. The molecule has 31 heavy (non-hydrogen) atoms. The fourth-order valence-corrected chi connectivity index (χ4v) is 3.15. The number of amides is 2. The van der Waals surface area contributed by atoms with Crippen LogP contribution in [0.5, 0.6) is 0 Å². The molecule has 1 aliphatic rings. The molecule has 1 heterocycles. The molecule has 1 aromatic carbocycles. The molecule has 0 aromatic heterocycles. The van der Waals surface area contributed by atoms with Crippen molar-refractivity contribution in [2.75, 3.05) is 26.2 Å². The van der Waals surface area contributed by atoms with Crippen molar-refractivity contribution < 1.29 is 14.3 Å². The normalized spacial score (nSPS) is 14.5. The summed E-state index contributed by atoms with van der Waals surface area (Å²) in [4.78, 5) is 30.0. The standard InChI is InChI=1S/C23H37N5O3/c1-5-24-21(25-13-7-14-26-22(30)31-23(2,3)4)27-16-18-9-11-19(12-10-18)17-28-15-6-8-20(28)29/h9-12H,5-8,13-17H2,1-4H3,(H,26,30)(H2,24,25,27). The van der Waals surface area contributed by atoms with Gasteiger partial charge in [-0.3, -0.25) is 4.79 Å². The summed E-state index contributed by atoms with van der Waals surface area (Å²) in [5.41, 5.74) is 1.77. The molecule has 0 aliphatic carbocycles. The highest BCUT2D eigenvalue weighted by atomic mass is 16.6. The van der Waals surface area contributed by atoms with Gasteiger partial charge in [-0.1, -0.05) is 24.3 Å². The lowest BCUT2D eigenvalue weighted by Gasteiger charge is -2.19. The van der Waals surface area contributed by atoms with Crippen LogP contribution >= 0.6 is 0 Å². The molecular formula is C23H37N5O3. The molecule has 2 rings (SSSR count). The lowest BCUT2D eigenvalue weighted by Crippen LogP contribution is -2.39. The van der Waals surface area contributed by atoms with Crippen LogP contribution in [0, 0.1) is 0 Å². The minimum absolute atomic E-state index is 0.247. The Balaban J connectivity index is 1.73. The van der Waals surface area contributed by atoms with Crippen LogP contribution in [0.2, 0.25) is 0 Å². The number of likely N-dealkylation sites (tertiary alicyclic amines) is 1. The second-order valence-corrected chi connectivity index (χ2v) is 8.64. The first-order valence-electron chi connectivity index (χ1n) is 11.1. The summed E-state index contributed by atoms with van der Waals surface area (Å²) in [6.07, 6.45) is 1.99. The van der Waals surface area contributed by atoms with Gasteiger partial charge in [0.2, 0.25) is 5.91 Å². The highest BCUT2D eigenvalue weighted by molar-refractivity contribution is 5.79. The molecule has 172 valence electrons. The number of ether oxygens (including phenoxy) is 1. The van der Waals surface area contributed by atoms with Crippen molar-refractivity contribution in [1.29, 1.82) is 0 Å². The summed E-state index contributed by atoms with van der Waals surface area (Å²) in [5.74, 6) is 0.989. The minimum atomic E-state index is -0.489. The highest BCUT2D eigenvalue weighted by Crippen LogP contribution is 2.15. The predicted molar refractivity (Wildman–Crippen MR) is 123 cm³/mol. The van der Waals surface area contributed by atoms with E-state index in [0.29, 0.717) is 32.6 Å². The van der Waals surface area contributed by atoms with E-state index in [1.807, 2.05) is 32.6 Å². The Bertz CT molecular complexity index is 741. The number of hydrogen-bond acceptors (Lipinski definition) is 4. The van der Waals surface area contributed by atoms with Crippen LogP contribution in [0.1, 0.15) is 58.1 Å². The second kappa shape index (κ2) is 12.2. The molecule has 0 saturated carbocycles. The van der Waals surface area contributed by atoms with Gasteiger partial charge in [-0.15, -0.1) is 0 Å². The maximum absolute atomic E-state index is 11.8. The summed E-state index contributed by atoms with van der Waals surface area (Å²) in [5, 5.41) is 9.26. The summed E-state index contributed by atoms with van der Waals surface area (Å²) >= 11 is 0. The fourth-order valence-electron chi connectivity index (χ4n) is 3.15. The third kappa shape index (κ3) is 9.72. The number of guanidine groups is 1. The fraction of sp³-hybridized carbons (Fsp3) is 0.609. The van der Waals surface area contributed by atoms with Crippen molar-refractivity contribution >= 4 is 18.0 Å². The SMILES string of the molecule is CCNC(=NCc1ccc(CN2CCCC2=O)cc1)NCCCNC(=O)OC(C)(C)C. The molecule has 0 bridgehead atoms. The number of carbonyl (C=O) groups is 2. The zero-order chi connectivity index (χ0) is 22.7. The van der Waals surface area contributed by atoms with Gasteiger partial charge in [0.1, 0.15) is 5.60 Å². The van der Waals surface area contributed by atoms with E-state index in [-0.39, 0.29) is 5.91 Å². The molecular weight excluding hydrogens is 394 g/mol. The molecule has 0 atom stereocenters. The van der Waals surface area contributed by atoms with Crippen LogP contribution in [0.25, 0.3) is 0 Å². The van der Waals surface area contributed by atoms with Gasteiger partial charge < -0.3 is 25.6 Å². The molecule has 0 unspecified atom stereocenters. The smallest absolute Gasteiger partial charge is 0.407 e. The minimum Gasteiger partial charge on any atom is -0.444 e. The Labute approximate surface area is 185 Å². The van der Waals surface area contributed by atoms with Gasteiger partial charge in [-0.25, -0.2) is 9.79 Å². The summed E-state index contributed by atoms with van der Waals surface area (Å²) < 4.78 is 5.22. The van der Waals surface area contributed by atoms with Gasteiger partial charge in [0.15, 0.2) is 5.96 Å². The monoisotopic (exact) mass is 431 g/mol.